The summed E-state index contributed by atoms with van der Waals surface area (Å²) >= 11 is 0. The lowest BCUT2D eigenvalue weighted by Gasteiger charge is -2.09. The highest BCUT2D eigenvalue weighted by molar-refractivity contribution is 6.22. The Labute approximate surface area is 189 Å². The van der Waals surface area contributed by atoms with Gasteiger partial charge in [-0.25, -0.2) is 24.3 Å². The maximum atomic E-state index is 15.0. The highest BCUT2D eigenvalue weighted by atomic mass is 19.1. The third-order valence-electron chi connectivity index (χ3n) is 6.08. The Balaban J connectivity index is 1.56. The Hall–Kier alpha value is -4.13. The second kappa shape index (κ2) is 7.20. The van der Waals surface area contributed by atoms with Gasteiger partial charge in [0.05, 0.1) is 28.4 Å². The average molecular weight is 436 g/mol. The maximum absolute atomic E-state index is 15.0. The predicted molar refractivity (Wildman–Crippen MR) is 128 cm³/mol. The first kappa shape index (κ1) is 19.5. The van der Waals surface area contributed by atoms with Gasteiger partial charge in [0.2, 0.25) is 0 Å². The van der Waals surface area contributed by atoms with E-state index >= 15 is 4.39 Å². The number of benzene rings is 3. The van der Waals surface area contributed by atoms with Crippen molar-refractivity contribution in [2.75, 3.05) is 0 Å². The highest BCUT2D eigenvalue weighted by Gasteiger charge is 2.16. The average Bonchev–Trinajstić information content (AvgIpc) is 3.46. The second-order valence-electron chi connectivity index (χ2n) is 8.62. The number of halogens is 1. The summed E-state index contributed by atoms with van der Waals surface area (Å²) in [5, 5.41) is 2.95. The van der Waals surface area contributed by atoms with Crippen molar-refractivity contribution >= 4 is 32.7 Å². The first-order chi connectivity index (χ1) is 16.0. The Morgan fingerprint density at radius 1 is 0.848 bits per heavy atom. The SMILES string of the molecule is Cc1ncc(-c2ccc(-c3ccc4c(c3)c3cncnc3c3[nH]c(C(C)C)nc43)cc2F)[nH]1. The number of aromatic nitrogens is 6. The van der Waals surface area contributed by atoms with Gasteiger partial charge in [-0.1, -0.05) is 32.0 Å². The van der Waals surface area contributed by atoms with Crippen LogP contribution < -0.4 is 0 Å². The molecule has 0 atom stereocenters. The number of rotatable bonds is 3. The molecule has 0 bridgehead atoms. The first-order valence-electron chi connectivity index (χ1n) is 10.9. The van der Waals surface area contributed by atoms with Crippen LogP contribution in [0.3, 0.4) is 0 Å². The summed E-state index contributed by atoms with van der Waals surface area (Å²) in [5.74, 6) is 1.65. The van der Waals surface area contributed by atoms with Crippen LogP contribution in [-0.2, 0) is 0 Å². The molecule has 3 aromatic carbocycles. The van der Waals surface area contributed by atoms with Crippen LogP contribution in [0.1, 0.15) is 31.4 Å². The lowest BCUT2D eigenvalue weighted by atomic mass is 9.97. The van der Waals surface area contributed by atoms with Gasteiger partial charge < -0.3 is 9.97 Å². The lowest BCUT2D eigenvalue weighted by molar-refractivity contribution is 0.631. The molecule has 0 spiro atoms. The molecule has 6 aromatic rings. The molecule has 0 aliphatic carbocycles. The summed E-state index contributed by atoms with van der Waals surface area (Å²) in [7, 11) is 0. The molecule has 0 saturated carbocycles. The number of H-pyrrole nitrogens is 2. The number of fused-ring (bicyclic) bond motifs is 6. The molecule has 2 N–H and O–H groups in total. The summed E-state index contributed by atoms with van der Waals surface area (Å²) in [6.07, 6.45) is 5.03. The van der Waals surface area contributed by atoms with Crippen LogP contribution in [0.2, 0.25) is 0 Å². The molecular weight excluding hydrogens is 415 g/mol. The van der Waals surface area contributed by atoms with Crippen molar-refractivity contribution in [3.8, 4) is 22.4 Å². The predicted octanol–water partition coefficient (Wildman–Crippen LogP) is 6.29. The van der Waals surface area contributed by atoms with Crippen LogP contribution >= 0.6 is 0 Å². The molecule has 0 unspecified atom stereocenters. The minimum absolute atomic E-state index is 0.267. The van der Waals surface area contributed by atoms with Crippen molar-refractivity contribution in [3.05, 3.63) is 72.6 Å². The lowest BCUT2D eigenvalue weighted by Crippen LogP contribution is -1.89. The standard InChI is InChI=1S/C26H21FN6/c1-13(2)26-32-24-17-6-4-15(8-19(17)20-10-28-12-30-23(20)25(24)33-26)16-5-7-18(21(27)9-16)22-11-29-14(3)31-22/h4-13H,1-3H3,(H,29,31)(H,32,33). The fraction of sp³-hybridized carbons (Fsp3) is 0.154. The number of nitrogens with one attached hydrogen (secondary N) is 2. The van der Waals surface area contributed by atoms with Gasteiger partial charge in [0.1, 0.15) is 23.8 Å². The number of aromatic amines is 2. The third-order valence-corrected chi connectivity index (χ3v) is 6.08. The normalized spacial score (nSPS) is 11.9. The molecule has 6 nitrogen and oxygen atoms in total. The number of imidazole rings is 2. The van der Waals surface area contributed by atoms with Crippen molar-refractivity contribution in [2.24, 2.45) is 0 Å². The van der Waals surface area contributed by atoms with Crippen molar-refractivity contribution < 1.29 is 4.39 Å². The fourth-order valence-electron chi connectivity index (χ4n) is 4.38. The molecule has 0 fully saturated rings. The summed E-state index contributed by atoms with van der Waals surface area (Å²) in [6.45, 7) is 6.06. The van der Waals surface area contributed by atoms with Crippen LogP contribution in [0.25, 0.3) is 55.1 Å². The van der Waals surface area contributed by atoms with Gasteiger partial charge in [-0.05, 0) is 41.6 Å². The monoisotopic (exact) mass is 436 g/mol. The quantitative estimate of drug-likeness (QED) is 0.320. The van der Waals surface area contributed by atoms with E-state index in [1.165, 1.54) is 0 Å². The summed E-state index contributed by atoms with van der Waals surface area (Å²) in [5.41, 5.74) is 5.52. The van der Waals surface area contributed by atoms with E-state index < -0.39 is 0 Å². The summed E-state index contributed by atoms with van der Waals surface area (Å²) in [6, 6.07) is 11.4. The number of nitrogens with zero attached hydrogens (tertiary/aromatic N) is 4. The van der Waals surface area contributed by atoms with Gasteiger partial charge in [0.15, 0.2) is 0 Å². The van der Waals surface area contributed by atoms with E-state index in [1.807, 2.05) is 25.3 Å². The van der Waals surface area contributed by atoms with E-state index in [9.17, 15) is 0 Å². The second-order valence-corrected chi connectivity index (χ2v) is 8.62. The van der Waals surface area contributed by atoms with E-state index in [0.29, 0.717) is 11.3 Å². The van der Waals surface area contributed by atoms with Crippen LogP contribution in [0, 0.1) is 12.7 Å². The summed E-state index contributed by atoms with van der Waals surface area (Å²) < 4.78 is 15.0. The Morgan fingerprint density at radius 3 is 2.42 bits per heavy atom. The molecule has 3 aromatic heterocycles. The highest BCUT2D eigenvalue weighted by Crippen LogP contribution is 2.36. The molecular formula is C26H21FN6. The third kappa shape index (κ3) is 3.08. The van der Waals surface area contributed by atoms with Crippen LogP contribution in [0.15, 0.2) is 55.1 Å². The van der Waals surface area contributed by atoms with Crippen LogP contribution in [0.4, 0.5) is 4.39 Å². The summed E-state index contributed by atoms with van der Waals surface area (Å²) in [4.78, 5) is 24.4. The van der Waals surface area contributed by atoms with Gasteiger partial charge in [-0.2, -0.15) is 0 Å². The molecule has 0 radical (unpaired) electrons. The van der Waals surface area contributed by atoms with Gasteiger partial charge in [0, 0.05) is 28.5 Å². The van der Waals surface area contributed by atoms with Crippen LogP contribution in [0.5, 0.6) is 0 Å². The molecule has 7 heteroatoms. The number of hydrogen-bond donors (Lipinski definition) is 2. The zero-order valence-electron chi connectivity index (χ0n) is 18.4. The molecule has 0 aliphatic heterocycles. The molecule has 3 heterocycles. The zero-order valence-corrected chi connectivity index (χ0v) is 18.4. The van der Waals surface area contributed by atoms with E-state index in [-0.39, 0.29) is 11.7 Å². The van der Waals surface area contributed by atoms with Crippen LogP contribution in [-0.4, -0.2) is 29.9 Å². The topological polar surface area (TPSA) is 83.1 Å². The van der Waals surface area contributed by atoms with Crippen molar-refractivity contribution in [1.29, 1.82) is 0 Å². The Morgan fingerprint density at radius 2 is 1.67 bits per heavy atom. The minimum atomic E-state index is -0.297. The van der Waals surface area contributed by atoms with Gasteiger partial charge >= 0.3 is 0 Å². The molecule has 0 amide bonds. The van der Waals surface area contributed by atoms with Gasteiger partial charge in [-0.3, -0.25) is 0 Å². The molecule has 162 valence electrons. The Kier molecular flexibility index (Phi) is 4.26. The smallest absolute Gasteiger partial charge is 0.133 e. The number of hydrogen-bond acceptors (Lipinski definition) is 4. The largest absolute Gasteiger partial charge is 0.342 e. The van der Waals surface area contributed by atoms with E-state index in [4.69, 9.17) is 4.98 Å². The molecule has 0 aliphatic rings. The zero-order chi connectivity index (χ0) is 22.7. The van der Waals surface area contributed by atoms with Crippen molar-refractivity contribution in [2.45, 2.75) is 26.7 Å². The van der Waals surface area contributed by atoms with E-state index in [0.717, 1.165) is 55.5 Å². The fourth-order valence-corrected chi connectivity index (χ4v) is 4.38. The number of aryl methyl sites for hydroxylation is 1. The van der Waals surface area contributed by atoms with E-state index in [1.54, 1.807) is 24.7 Å². The van der Waals surface area contributed by atoms with Crippen molar-refractivity contribution in [3.63, 3.8) is 0 Å². The van der Waals surface area contributed by atoms with E-state index in [2.05, 4.69) is 50.9 Å². The van der Waals surface area contributed by atoms with Gasteiger partial charge in [-0.15, -0.1) is 0 Å². The Bertz CT molecular complexity index is 1680. The molecule has 33 heavy (non-hydrogen) atoms. The molecule has 6 rings (SSSR count). The molecule has 0 saturated heterocycles. The minimum Gasteiger partial charge on any atom is -0.342 e. The maximum Gasteiger partial charge on any atom is 0.133 e. The van der Waals surface area contributed by atoms with Crippen molar-refractivity contribution in [1.82, 2.24) is 29.9 Å². The van der Waals surface area contributed by atoms with Gasteiger partial charge in [0.25, 0.3) is 0 Å². The first-order valence-corrected chi connectivity index (χ1v) is 10.9.